The van der Waals surface area contributed by atoms with Crippen LogP contribution in [0.3, 0.4) is 0 Å². The molecule has 0 saturated carbocycles. The highest BCUT2D eigenvalue weighted by Gasteiger charge is 2.16. The number of hydrogen-bond donors (Lipinski definition) is 1. The van der Waals surface area contributed by atoms with E-state index in [-0.39, 0.29) is 25.7 Å². The third kappa shape index (κ3) is 6.38. The van der Waals surface area contributed by atoms with Gasteiger partial charge in [0.15, 0.2) is 18.1 Å². The third-order valence-electron chi connectivity index (χ3n) is 5.73. The lowest BCUT2D eigenvalue weighted by atomic mass is 10.2. The highest BCUT2D eigenvalue weighted by Crippen LogP contribution is 2.32. The van der Waals surface area contributed by atoms with Gasteiger partial charge in [-0.15, -0.1) is 15.3 Å². The van der Waals surface area contributed by atoms with Crippen LogP contribution in [0.25, 0.3) is 17.0 Å². The average molecular weight is 542 g/mol. The number of rotatable bonds is 12. The van der Waals surface area contributed by atoms with Gasteiger partial charge in [-0.3, -0.25) is 4.79 Å². The number of methoxy groups -OCH3 is 2. The summed E-state index contributed by atoms with van der Waals surface area (Å²) in [6.07, 6.45) is 0. The number of amides is 1. The van der Waals surface area contributed by atoms with Crippen molar-refractivity contribution < 1.29 is 28.5 Å². The van der Waals surface area contributed by atoms with Gasteiger partial charge in [0.2, 0.25) is 5.88 Å². The Hall–Kier alpha value is -5.32. The number of nitrogens with one attached hydrogen (secondary N) is 1. The summed E-state index contributed by atoms with van der Waals surface area (Å²) in [6, 6.07) is 25.4. The Morgan fingerprint density at radius 2 is 1.55 bits per heavy atom. The number of hydrogen-bond acceptors (Lipinski definition) is 9. The van der Waals surface area contributed by atoms with Crippen molar-refractivity contribution in [1.29, 1.82) is 0 Å². The molecule has 0 saturated heterocycles. The first-order chi connectivity index (χ1) is 19.6. The van der Waals surface area contributed by atoms with Crippen LogP contribution in [0.1, 0.15) is 0 Å². The van der Waals surface area contributed by atoms with E-state index in [4.69, 9.17) is 23.7 Å². The standard InChI is InChI=1S/C29H27N5O6/c1-36-23-12-13-25(37-2)24(18-23)29-32-31-26-14-15-28(33-34(26)29)38-17-16-30-27(35)19-39-20-8-10-22(11-9-20)40-21-6-4-3-5-7-21/h3-15,18H,16-17,19H2,1-2H3,(H,30,35). The van der Waals surface area contributed by atoms with Gasteiger partial charge in [0.05, 0.1) is 26.3 Å². The van der Waals surface area contributed by atoms with Crippen molar-refractivity contribution in [1.82, 2.24) is 25.1 Å². The molecule has 0 unspecified atom stereocenters. The van der Waals surface area contributed by atoms with E-state index in [9.17, 15) is 4.79 Å². The molecule has 11 heteroatoms. The average Bonchev–Trinajstić information content (AvgIpc) is 3.42. The Kier molecular flexibility index (Phi) is 8.21. The summed E-state index contributed by atoms with van der Waals surface area (Å²) < 4.78 is 29.4. The molecule has 1 amide bonds. The normalized spacial score (nSPS) is 10.7. The van der Waals surface area contributed by atoms with Gasteiger partial charge < -0.3 is 29.0 Å². The molecule has 0 aliphatic heterocycles. The Morgan fingerprint density at radius 3 is 2.33 bits per heavy atom. The molecule has 0 bridgehead atoms. The summed E-state index contributed by atoms with van der Waals surface area (Å²) in [5, 5.41) is 15.7. The Balaban J connectivity index is 1.11. The van der Waals surface area contributed by atoms with Gasteiger partial charge in [-0.2, -0.15) is 4.52 Å². The molecule has 0 aliphatic carbocycles. The molecule has 0 radical (unpaired) electrons. The molecule has 0 atom stereocenters. The largest absolute Gasteiger partial charge is 0.497 e. The Labute approximate surface area is 230 Å². The molecular weight excluding hydrogens is 514 g/mol. The lowest BCUT2D eigenvalue weighted by Crippen LogP contribution is -2.32. The smallest absolute Gasteiger partial charge is 0.258 e. The topological polar surface area (TPSA) is 118 Å². The minimum absolute atomic E-state index is 0.129. The lowest BCUT2D eigenvalue weighted by molar-refractivity contribution is -0.123. The fraction of sp³-hybridized carbons (Fsp3) is 0.172. The molecule has 0 aliphatic rings. The first-order valence-electron chi connectivity index (χ1n) is 12.4. The van der Waals surface area contributed by atoms with Crippen molar-refractivity contribution in [3.05, 3.63) is 84.9 Å². The van der Waals surface area contributed by atoms with Gasteiger partial charge in [0.25, 0.3) is 5.91 Å². The van der Waals surface area contributed by atoms with Gasteiger partial charge in [-0.25, -0.2) is 0 Å². The van der Waals surface area contributed by atoms with E-state index in [1.807, 2.05) is 30.3 Å². The third-order valence-corrected chi connectivity index (χ3v) is 5.73. The molecule has 5 aromatic rings. The number of carbonyl (C=O) groups is 1. The van der Waals surface area contributed by atoms with Gasteiger partial charge in [0.1, 0.15) is 35.4 Å². The van der Waals surface area contributed by atoms with Crippen molar-refractivity contribution in [3.8, 4) is 46.0 Å². The number of para-hydroxylation sites is 1. The Bertz CT molecular complexity index is 1570. The number of fused-ring (bicyclic) bond motifs is 1. The van der Waals surface area contributed by atoms with E-state index in [1.54, 1.807) is 73.3 Å². The van der Waals surface area contributed by atoms with Gasteiger partial charge in [0, 0.05) is 6.07 Å². The number of benzene rings is 3. The maximum Gasteiger partial charge on any atom is 0.258 e. The van der Waals surface area contributed by atoms with Crippen LogP contribution in [0.15, 0.2) is 84.9 Å². The number of ether oxygens (including phenoxy) is 5. The second-order valence-corrected chi connectivity index (χ2v) is 8.41. The van der Waals surface area contributed by atoms with Crippen LogP contribution in [-0.2, 0) is 4.79 Å². The summed E-state index contributed by atoms with van der Waals surface area (Å²) in [5.74, 6) is 3.77. The molecule has 5 rings (SSSR count). The summed E-state index contributed by atoms with van der Waals surface area (Å²) in [5.41, 5.74) is 1.21. The van der Waals surface area contributed by atoms with Crippen LogP contribution >= 0.6 is 0 Å². The summed E-state index contributed by atoms with van der Waals surface area (Å²) in [6.45, 7) is 0.343. The van der Waals surface area contributed by atoms with Crippen LogP contribution in [0.5, 0.6) is 34.6 Å². The molecule has 11 nitrogen and oxygen atoms in total. The number of carbonyl (C=O) groups excluding carboxylic acids is 1. The summed E-state index contributed by atoms with van der Waals surface area (Å²) in [7, 11) is 3.16. The number of nitrogens with zero attached hydrogens (tertiary/aromatic N) is 4. The molecule has 3 aromatic carbocycles. The fourth-order valence-electron chi connectivity index (χ4n) is 3.78. The van der Waals surface area contributed by atoms with Crippen LogP contribution in [0.2, 0.25) is 0 Å². The highest BCUT2D eigenvalue weighted by molar-refractivity contribution is 5.77. The maximum atomic E-state index is 12.2. The highest BCUT2D eigenvalue weighted by atomic mass is 16.5. The van der Waals surface area contributed by atoms with Crippen molar-refractivity contribution >= 4 is 11.6 Å². The first kappa shape index (κ1) is 26.3. The van der Waals surface area contributed by atoms with Crippen molar-refractivity contribution in [3.63, 3.8) is 0 Å². The molecule has 1 N–H and O–H groups in total. The number of aromatic nitrogens is 4. The van der Waals surface area contributed by atoms with E-state index in [0.29, 0.717) is 45.9 Å². The van der Waals surface area contributed by atoms with Crippen LogP contribution in [0.4, 0.5) is 0 Å². The molecule has 2 heterocycles. The van der Waals surface area contributed by atoms with Crippen LogP contribution in [0, 0.1) is 0 Å². The van der Waals surface area contributed by atoms with Gasteiger partial charge >= 0.3 is 0 Å². The minimum atomic E-state index is -0.275. The zero-order valence-corrected chi connectivity index (χ0v) is 21.9. The van der Waals surface area contributed by atoms with Gasteiger partial charge in [-0.1, -0.05) is 18.2 Å². The molecular formula is C29H27N5O6. The summed E-state index contributed by atoms with van der Waals surface area (Å²) in [4.78, 5) is 12.2. The second-order valence-electron chi connectivity index (χ2n) is 8.41. The maximum absolute atomic E-state index is 12.2. The zero-order valence-electron chi connectivity index (χ0n) is 21.9. The predicted molar refractivity (Wildman–Crippen MR) is 146 cm³/mol. The van der Waals surface area contributed by atoms with E-state index >= 15 is 0 Å². The summed E-state index contributed by atoms with van der Waals surface area (Å²) >= 11 is 0. The lowest BCUT2D eigenvalue weighted by Gasteiger charge is -2.10. The van der Waals surface area contributed by atoms with Crippen LogP contribution < -0.4 is 29.0 Å². The SMILES string of the molecule is COc1ccc(OC)c(-c2nnc3ccc(OCCNC(=O)COc4ccc(Oc5ccccc5)cc4)nn23)c1. The van der Waals surface area contributed by atoms with E-state index in [2.05, 4.69) is 20.6 Å². The van der Waals surface area contributed by atoms with Crippen molar-refractivity contribution in [2.24, 2.45) is 0 Å². The van der Waals surface area contributed by atoms with Crippen LogP contribution in [-0.4, -0.2) is 59.7 Å². The van der Waals surface area contributed by atoms with E-state index < -0.39 is 0 Å². The second kappa shape index (κ2) is 12.5. The van der Waals surface area contributed by atoms with E-state index in [1.165, 1.54) is 0 Å². The zero-order chi connectivity index (χ0) is 27.7. The quantitative estimate of drug-likeness (QED) is 0.232. The molecule has 2 aromatic heterocycles. The monoisotopic (exact) mass is 541 g/mol. The fourth-order valence-corrected chi connectivity index (χ4v) is 3.78. The molecule has 204 valence electrons. The first-order valence-corrected chi connectivity index (χ1v) is 12.4. The molecule has 0 spiro atoms. The minimum Gasteiger partial charge on any atom is -0.497 e. The van der Waals surface area contributed by atoms with E-state index in [0.717, 1.165) is 5.75 Å². The van der Waals surface area contributed by atoms with Crippen molar-refractivity contribution in [2.75, 3.05) is 34.0 Å². The molecule has 40 heavy (non-hydrogen) atoms. The predicted octanol–water partition coefficient (Wildman–Crippen LogP) is 4.17. The molecule has 0 fully saturated rings. The Morgan fingerprint density at radius 1 is 0.800 bits per heavy atom. The van der Waals surface area contributed by atoms with Crippen molar-refractivity contribution in [2.45, 2.75) is 0 Å². The van der Waals surface area contributed by atoms with Gasteiger partial charge in [-0.05, 0) is 60.7 Å².